The average Bonchev–Trinajstić information content (AvgIpc) is 3.09. The minimum absolute atomic E-state index is 0.139. The van der Waals surface area contributed by atoms with Crippen molar-refractivity contribution in [1.82, 2.24) is 4.98 Å². The molecule has 0 fully saturated rings. The largest absolute Gasteiger partial charge is 0.453 e. The van der Waals surface area contributed by atoms with E-state index in [9.17, 15) is 9.59 Å². The number of hydrogen-bond acceptors (Lipinski definition) is 6. The third kappa shape index (κ3) is 4.85. The number of rotatable bonds is 6. The molecular weight excluding hydrogens is 398 g/mol. The number of thiazole rings is 1. The molecule has 0 radical (unpaired) electrons. The van der Waals surface area contributed by atoms with Crippen LogP contribution in [0.2, 0.25) is 5.02 Å². The molecule has 0 aliphatic rings. The summed E-state index contributed by atoms with van der Waals surface area (Å²) in [5, 5.41) is 12.6. The van der Waals surface area contributed by atoms with Gasteiger partial charge in [0, 0.05) is 12.1 Å². The molecule has 8 heteroatoms. The Balaban J connectivity index is 1.51. The van der Waals surface area contributed by atoms with Gasteiger partial charge < -0.3 is 10.1 Å². The molecule has 1 atom stereocenters. The minimum Gasteiger partial charge on any atom is -0.453 e. The Kier molecular flexibility index (Phi) is 6.24. The predicted molar refractivity (Wildman–Crippen MR) is 108 cm³/mol. The number of aromatic nitrogens is 1. The van der Waals surface area contributed by atoms with Crippen molar-refractivity contribution < 1.29 is 14.3 Å². The van der Waals surface area contributed by atoms with Gasteiger partial charge in [-0.3, -0.25) is 9.59 Å². The highest BCUT2D eigenvalue weighted by molar-refractivity contribution is 7.18. The van der Waals surface area contributed by atoms with Gasteiger partial charge in [-0.05, 0) is 37.3 Å². The molecule has 3 rings (SSSR count). The highest BCUT2D eigenvalue weighted by atomic mass is 35.5. The summed E-state index contributed by atoms with van der Waals surface area (Å²) in [6.45, 7) is 1.50. The van der Waals surface area contributed by atoms with Crippen LogP contribution in [0.3, 0.4) is 0 Å². The Morgan fingerprint density at radius 2 is 2.11 bits per heavy atom. The Morgan fingerprint density at radius 3 is 2.82 bits per heavy atom. The maximum Gasteiger partial charge on any atom is 0.306 e. The molecule has 6 nitrogen and oxygen atoms in total. The van der Waals surface area contributed by atoms with Crippen LogP contribution in [-0.4, -0.2) is 23.0 Å². The zero-order valence-corrected chi connectivity index (χ0v) is 16.5. The van der Waals surface area contributed by atoms with Crippen LogP contribution in [0.1, 0.15) is 23.9 Å². The maximum absolute atomic E-state index is 12.2. The van der Waals surface area contributed by atoms with Crippen LogP contribution in [-0.2, 0) is 20.7 Å². The SMILES string of the molecule is CC(OC(=O)CCc1nc2ccccc2s1)C(=O)Nc1ccc(C#N)c(Cl)c1. The first-order valence-electron chi connectivity index (χ1n) is 8.50. The number of halogens is 1. The van der Waals surface area contributed by atoms with E-state index in [0.29, 0.717) is 17.7 Å². The van der Waals surface area contributed by atoms with Crippen molar-refractivity contribution in [2.45, 2.75) is 25.9 Å². The topological polar surface area (TPSA) is 92.1 Å². The standard InChI is InChI=1S/C20H16ClN3O3S/c1-12(20(26)23-14-7-6-13(11-22)15(21)10-14)27-19(25)9-8-18-24-16-4-2-3-5-17(16)28-18/h2-7,10,12H,8-9H2,1H3,(H,23,26). The quantitative estimate of drug-likeness (QED) is 0.607. The summed E-state index contributed by atoms with van der Waals surface area (Å²) in [4.78, 5) is 28.7. The van der Waals surface area contributed by atoms with Gasteiger partial charge in [-0.15, -0.1) is 11.3 Å². The van der Waals surface area contributed by atoms with E-state index in [2.05, 4.69) is 10.3 Å². The lowest BCUT2D eigenvalue weighted by atomic mass is 10.2. The van der Waals surface area contributed by atoms with E-state index >= 15 is 0 Å². The molecule has 0 bridgehead atoms. The second kappa shape index (κ2) is 8.83. The second-order valence-corrected chi connectivity index (χ2v) is 7.53. The van der Waals surface area contributed by atoms with Crippen LogP contribution in [0.4, 0.5) is 5.69 Å². The molecule has 28 heavy (non-hydrogen) atoms. The number of carbonyl (C=O) groups is 2. The van der Waals surface area contributed by atoms with E-state index in [4.69, 9.17) is 21.6 Å². The third-order valence-corrected chi connectivity index (χ3v) is 5.32. The molecule has 0 saturated heterocycles. The highest BCUT2D eigenvalue weighted by Gasteiger charge is 2.18. The summed E-state index contributed by atoms with van der Waals surface area (Å²) in [5.74, 6) is -0.950. The fraction of sp³-hybridized carbons (Fsp3) is 0.200. The molecular formula is C20H16ClN3O3S. The molecule has 0 aliphatic carbocycles. The number of carbonyl (C=O) groups excluding carboxylic acids is 2. The van der Waals surface area contributed by atoms with Gasteiger partial charge in [0.1, 0.15) is 6.07 Å². The van der Waals surface area contributed by atoms with Crippen molar-refractivity contribution >= 4 is 50.7 Å². The van der Waals surface area contributed by atoms with Crippen LogP contribution in [0.5, 0.6) is 0 Å². The number of benzene rings is 2. The molecule has 1 aromatic heterocycles. The van der Waals surface area contributed by atoms with E-state index in [1.807, 2.05) is 30.3 Å². The molecule has 0 spiro atoms. The van der Waals surface area contributed by atoms with Gasteiger partial charge in [-0.1, -0.05) is 23.7 Å². The van der Waals surface area contributed by atoms with E-state index in [1.54, 1.807) is 6.07 Å². The first kappa shape index (κ1) is 19.8. The third-order valence-electron chi connectivity index (χ3n) is 3.92. The number of amides is 1. The number of nitrogens with one attached hydrogen (secondary N) is 1. The van der Waals surface area contributed by atoms with Gasteiger partial charge in [0.25, 0.3) is 5.91 Å². The van der Waals surface area contributed by atoms with Crippen LogP contribution in [0, 0.1) is 11.3 Å². The van der Waals surface area contributed by atoms with Gasteiger partial charge >= 0.3 is 5.97 Å². The Morgan fingerprint density at radius 1 is 1.32 bits per heavy atom. The number of nitriles is 1. The number of anilines is 1. The minimum atomic E-state index is -0.961. The van der Waals surface area contributed by atoms with Gasteiger partial charge in [0.05, 0.1) is 32.2 Å². The second-order valence-electron chi connectivity index (χ2n) is 6.00. The first-order valence-corrected chi connectivity index (χ1v) is 9.70. The van der Waals surface area contributed by atoms with Gasteiger partial charge in [0.2, 0.25) is 0 Å². The zero-order valence-electron chi connectivity index (χ0n) is 14.9. The van der Waals surface area contributed by atoms with Crippen LogP contribution in [0.25, 0.3) is 10.2 Å². The normalized spacial score (nSPS) is 11.6. The fourth-order valence-corrected chi connectivity index (χ4v) is 3.66. The fourth-order valence-electron chi connectivity index (χ4n) is 2.47. The van der Waals surface area contributed by atoms with Crippen molar-refractivity contribution in [2.75, 3.05) is 5.32 Å². The average molecular weight is 414 g/mol. The lowest BCUT2D eigenvalue weighted by Crippen LogP contribution is -2.30. The summed E-state index contributed by atoms with van der Waals surface area (Å²) < 4.78 is 6.27. The Labute approximate surface area is 170 Å². The number of para-hydroxylation sites is 1. The molecule has 1 unspecified atom stereocenters. The van der Waals surface area contributed by atoms with E-state index in [0.717, 1.165) is 15.2 Å². The lowest BCUT2D eigenvalue weighted by Gasteiger charge is -2.13. The summed E-state index contributed by atoms with van der Waals surface area (Å²) >= 11 is 7.48. The lowest BCUT2D eigenvalue weighted by molar-refractivity contribution is -0.153. The molecule has 142 valence electrons. The summed E-state index contributed by atoms with van der Waals surface area (Å²) in [6.07, 6.45) is -0.366. The van der Waals surface area contributed by atoms with Crippen molar-refractivity contribution in [1.29, 1.82) is 5.26 Å². The maximum atomic E-state index is 12.2. The van der Waals surface area contributed by atoms with E-state index < -0.39 is 18.0 Å². The number of nitrogens with zero attached hydrogens (tertiary/aromatic N) is 2. The number of fused-ring (bicyclic) bond motifs is 1. The van der Waals surface area contributed by atoms with Gasteiger partial charge in [-0.2, -0.15) is 5.26 Å². The molecule has 0 saturated carbocycles. The number of aryl methyl sites for hydroxylation is 1. The first-order chi connectivity index (χ1) is 13.5. The van der Waals surface area contributed by atoms with Crippen LogP contribution >= 0.6 is 22.9 Å². The molecule has 2 aromatic carbocycles. The Hall–Kier alpha value is -2.95. The molecule has 1 heterocycles. The Bertz CT molecular complexity index is 1040. The van der Waals surface area contributed by atoms with Crippen molar-refractivity contribution in [3.05, 3.63) is 58.1 Å². The molecule has 3 aromatic rings. The predicted octanol–water partition coefficient (Wildman–Crippen LogP) is 4.32. The molecule has 1 amide bonds. The van der Waals surface area contributed by atoms with Crippen molar-refractivity contribution in [3.8, 4) is 6.07 Å². The molecule has 1 N–H and O–H groups in total. The number of esters is 1. The van der Waals surface area contributed by atoms with Gasteiger partial charge in [-0.25, -0.2) is 4.98 Å². The van der Waals surface area contributed by atoms with Crippen LogP contribution < -0.4 is 5.32 Å². The monoisotopic (exact) mass is 413 g/mol. The molecule has 0 aliphatic heterocycles. The summed E-state index contributed by atoms with van der Waals surface area (Å²) in [5.41, 5.74) is 1.64. The van der Waals surface area contributed by atoms with Gasteiger partial charge in [0.15, 0.2) is 6.10 Å². The van der Waals surface area contributed by atoms with E-state index in [-0.39, 0.29) is 11.4 Å². The summed E-state index contributed by atoms with van der Waals surface area (Å²) in [6, 6.07) is 14.3. The van der Waals surface area contributed by atoms with Crippen molar-refractivity contribution in [3.63, 3.8) is 0 Å². The number of ether oxygens (including phenoxy) is 1. The highest BCUT2D eigenvalue weighted by Crippen LogP contribution is 2.23. The smallest absolute Gasteiger partial charge is 0.306 e. The van der Waals surface area contributed by atoms with E-state index in [1.165, 1.54) is 30.4 Å². The summed E-state index contributed by atoms with van der Waals surface area (Å²) in [7, 11) is 0. The van der Waals surface area contributed by atoms with Crippen LogP contribution in [0.15, 0.2) is 42.5 Å². The number of hydrogen-bond donors (Lipinski definition) is 1. The van der Waals surface area contributed by atoms with Crippen molar-refractivity contribution in [2.24, 2.45) is 0 Å². The zero-order chi connectivity index (χ0) is 20.1.